The van der Waals surface area contributed by atoms with Crippen LogP contribution >= 0.6 is 11.8 Å². The third kappa shape index (κ3) is 16.7. The van der Waals surface area contributed by atoms with Crippen molar-refractivity contribution in [1.29, 1.82) is 0 Å². The Hall–Kier alpha value is -1.88. The molecule has 1 amide bonds. The fraction of sp³-hybridized carbons (Fsp3) is 0.621. The predicted molar refractivity (Wildman–Crippen MR) is 148 cm³/mol. The lowest BCUT2D eigenvalue weighted by atomic mass is 10.1. The van der Waals surface area contributed by atoms with Crippen molar-refractivity contribution >= 4 is 17.7 Å². The molecule has 2 N–H and O–H groups in total. The Labute approximate surface area is 212 Å². The topological polar surface area (TPSA) is 58.6 Å². The molecule has 5 heteroatoms. The molecule has 0 radical (unpaired) electrons. The summed E-state index contributed by atoms with van der Waals surface area (Å²) in [6.07, 6.45) is 25.1. The SMILES string of the molecule is CCCCC/C=C\C/C=C\CCCCCCCCSCCC(=O)NCc1ccc(O)c(OC)c1. The van der Waals surface area contributed by atoms with Crippen molar-refractivity contribution in [3.05, 3.63) is 48.1 Å². The molecule has 34 heavy (non-hydrogen) atoms. The molecule has 0 saturated carbocycles. The van der Waals surface area contributed by atoms with Crippen LogP contribution in [0.5, 0.6) is 11.5 Å². The van der Waals surface area contributed by atoms with Crippen LogP contribution in [0.1, 0.15) is 96.0 Å². The van der Waals surface area contributed by atoms with Gasteiger partial charge in [-0.1, -0.05) is 75.8 Å². The number of phenolic OH excluding ortho intramolecular Hbond substituents is 1. The van der Waals surface area contributed by atoms with Crippen LogP contribution in [-0.4, -0.2) is 29.6 Å². The summed E-state index contributed by atoms with van der Waals surface area (Å²) in [5.41, 5.74) is 0.914. The number of amides is 1. The summed E-state index contributed by atoms with van der Waals surface area (Å²) in [7, 11) is 1.52. The number of allylic oxidation sites excluding steroid dienone is 4. The Kier molecular flexibility index (Phi) is 19.2. The third-order valence-electron chi connectivity index (χ3n) is 5.70. The van der Waals surface area contributed by atoms with Gasteiger partial charge in [0.1, 0.15) is 0 Å². The summed E-state index contributed by atoms with van der Waals surface area (Å²) in [5.74, 6) is 2.60. The second-order valence-electron chi connectivity index (χ2n) is 8.73. The first-order chi connectivity index (χ1) is 16.7. The molecule has 1 aromatic carbocycles. The number of benzene rings is 1. The minimum Gasteiger partial charge on any atom is -0.504 e. The van der Waals surface area contributed by atoms with Crippen LogP contribution in [0.3, 0.4) is 0 Å². The van der Waals surface area contributed by atoms with Crippen molar-refractivity contribution in [1.82, 2.24) is 5.32 Å². The molecule has 0 saturated heterocycles. The smallest absolute Gasteiger partial charge is 0.221 e. The lowest BCUT2D eigenvalue weighted by molar-refractivity contribution is -0.120. The summed E-state index contributed by atoms with van der Waals surface area (Å²) in [4.78, 5) is 12.0. The maximum Gasteiger partial charge on any atom is 0.221 e. The van der Waals surface area contributed by atoms with E-state index in [2.05, 4.69) is 36.5 Å². The van der Waals surface area contributed by atoms with Gasteiger partial charge in [0.25, 0.3) is 0 Å². The summed E-state index contributed by atoms with van der Waals surface area (Å²) >= 11 is 1.87. The quantitative estimate of drug-likeness (QED) is 0.136. The first-order valence-electron chi connectivity index (χ1n) is 13.2. The summed E-state index contributed by atoms with van der Waals surface area (Å²) in [6, 6.07) is 5.12. The number of thioether (sulfide) groups is 1. The van der Waals surface area contributed by atoms with E-state index in [4.69, 9.17) is 4.74 Å². The number of ether oxygens (including phenoxy) is 1. The summed E-state index contributed by atoms with van der Waals surface area (Å²) in [5, 5.41) is 12.6. The van der Waals surface area contributed by atoms with E-state index in [0.29, 0.717) is 18.7 Å². The molecule has 0 bridgehead atoms. The fourth-order valence-electron chi connectivity index (χ4n) is 3.58. The van der Waals surface area contributed by atoms with Crippen molar-refractivity contribution in [2.24, 2.45) is 0 Å². The second kappa shape index (κ2) is 21.6. The highest BCUT2D eigenvalue weighted by Crippen LogP contribution is 2.26. The van der Waals surface area contributed by atoms with Gasteiger partial charge >= 0.3 is 0 Å². The maximum absolute atomic E-state index is 12.0. The zero-order valence-electron chi connectivity index (χ0n) is 21.5. The van der Waals surface area contributed by atoms with Gasteiger partial charge in [0.05, 0.1) is 7.11 Å². The number of nitrogens with one attached hydrogen (secondary N) is 1. The molecular formula is C29H47NO3S. The minimum atomic E-state index is 0.0663. The maximum atomic E-state index is 12.0. The van der Waals surface area contributed by atoms with Crippen LogP contribution in [0.25, 0.3) is 0 Å². The average Bonchev–Trinajstić information content (AvgIpc) is 2.85. The molecule has 0 unspecified atom stereocenters. The van der Waals surface area contributed by atoms with Gasteiger partial charge in [-0.15, -0.1) is 0 Å². The van der Waals surface area contributed by atoms with Gasteiger partial charge in [-0.05, 0) is 62.0 Å². The number of carbonyl (C=O) groups excluding carboxylic acids is 1. The molecular weight excluding hydrogens is 442 g/mol. The van der Waals surface area contributed by atoms with Gasteiger partial charge in [-0.3, -0.25) is 4.79 Å². The van der Waals surface area contributed by atoms with E-state index in [1.807, 2.05) is 11.8 Å². The molecule has 0 heterocycles. The number of methoxy groups -OCH3 is 1. The van der Waals surface area contributed by atoms with Crippen LogP contribution in [0, 0.1) is 0 Å². The van der Waals surface area contributed by atoms with Crippen molar-refractivity contribution in [2.45, 2.75) is 96.9 Å². The van der Waals surface area contributed by atoms with Crippen LogP contribution < -0.4 is 10.1 Å². The number of aromatic hydroxyl groups is 1. The first-order valence-corrected chi connectivity index (χ1v) is 14.3. The highest BCUT2D eigenvalue weighted by Gasteiger charge is 2.05. The summed E-state index contributed by atoms with van der Waals surface area (Å²) in [6.45, 7) is 2.70. The Bertz CT molecular complexity index is 703. The lowest BCUT2D eigenvalue weighted by Gasteiger charge is -2.08. The number of carbonyl (C=O) groups is 1. The van der Waals surface area contributed by atoms with Crippen molar-refractivity contribution in [3.8, 4) is 11.5 Å². The van der Waals surface area contributed by atoms with Gasteiger partial charge in [0.2, 0.25) is 5.91 Å². The number of rotatable bonds is 21. The normalized spacial score (nSPS) is 11.5. The second-order valence-corrected chi connectivity index (χ2v) is 9.95. The van der Waals surface area contributed by atoms with Crippen LogP contribution in [0.2, 0.25) is 0 Å². The zero-order valence-corrected chi connectivity index (χ0v) is 22.3. The Balaban J connectivity index is 1.87. The number of unbranched alkanes of at least 4 members (excludes halogenated alkanes) is 9. The Morgan fingerprint density at radius 3 is 2.32 bits per heavy atom. The molecule has 0 aliphatic rings. The van der Waals surface area contributed by atoms with Gasteiger partial charge in [-0.2, -0.15) is 11.8 Å². The van der Waals surface area contributed by atoms with Crippen molar-refractivity contribution in [2.75, 3.05) is 18.6 Å². The van der Waals surface area contributed by atoms with E-state index in [9.17, 15) is 9.90 Å². The van der Waals surface area contributed by atoms with Gasteiger partial charge < -0.3 is 15.2 Å². The molecule has 0 aliphatic heterocycles. The molecule has 0 fully saturated rings. The van der Waals surface area contributed by atoms with E-state index in [0.717, 1.165) is 23.5 Å². The highest BCUT2D eigenvalue weighted by molar-refractivity contribution is 7.99. The lowest BCUT2D eigenvalue weighted by Crippen LogP contribution is -2.23. The molecule has 1 rings (SSSR count). The molecule has 1 aromatic rings. The van der Waals surface area contributed by atoms with Gasteiger partial charge in [0.15, 0.2) is 11.5 Å². The van der Waals surface area contributed by atoms with Gasteiger partial charge in [0, 0.05) is 18.7 Å². The number of hydrogen-bond acceptors (Lipinski definition) is 4. The standard InChI is InChI=1S/C29H47NO3S/c1-3-4-5-6-7-8-9-10-11-12-13-14-15-16-17-18-22-34-23-21-29(32)30-25-26-19-20-27(31)28(24-26)33-2/h7-8,10-11,19-20,24,31H,3-6,9,12-18,21-23,25H2,1-2H3,(H,30,32)/b8-7-,11-10-. The molecule has 0 aliphatic carbocycles. The van der Waals surface area contributed by atoms with E-state index in [1.165, 1.54) is 77.7 Å². The Morgan fingerprint density at radius 2 is 1.62 bits per heavy atom. The van der Waals surface area contributed by atoms with Crippen LogP contribution in [0.4, 0.5) is 0 Å². The zero-order chi connectivity index (χ0) is 24.7. The van der Waals surface area contributed by atoms with Crippen LogP contribution in [-0.2, 0) is 11.3 Å². The largest absolute Gasteiger partial charge is 0.504 e. The highest BCUT2D eigenvalue weighted by atomic mass is 32.2. The fourth-order valence-corrected chi connectivity index (χ4v) is 4.52. The monoisotopic (exact) mass is 489 g/mol. The van der Waals surface area contributed by atoms with Crippen molar-refractivity contribution < 1.29 is 14.6 Å². The molecule has 0 spiro atoms. The third-order valence-corrected chi connectivity index (χ3v) is 6.77. The van der Waals surface area contributed by atoms with E-state index in [-0.39, 0.29) is 11.7 Å². The van der Waals surface area contributed by atoms with Crippen LogP contribution in [0.15, 0.2) is 42.5 Å². The number of phenols is 1. The molecule has 0 aromatic heterocycles. The molecule has 192 valence electrons. The average molecular weight is 490 g/mol. The van der Waals surface area contributed by atoms with E-state index < -0.39 is 0 Å². The van der Waals surface area contributed by atoms with E-state index >= 15 is 0 Å². The van der Waals surface area contributed by atoms with E-state index in [1.54, 1.807) is 18.2 Å². The van der Waals surface area contributed by atoms with Gasteiger partial charge in [-0.25, -0.2) is 0 Å². The Morgan fingerprint density at radius 1 is 0.941 bits per heavy atom. The molecule has 4 nitrogen and oxygen atoms in total. The molecule has 0 atom stereocenters. The minimum absolute atomic E-state index is 0.0663. The predicted octanol–water partition coefficient (Wildman–Crippen LogP) is 7.95. The summed E-state index contributed by atoms with van der Waals surface area (Å²) < 4.78 is 5.09. The number of hydrogen-bond donors (Lipinski definition) is 2. The van der Waals surface area contributed by atoms with Crippen molar-refractivity contribution in [3.63, 3.8) is 0 Å². The first kappa shape index (κ1) is 30.2.